The Kier molecular flexibility index (Phi) is 1.99. The summed E-state index contributed by atoms with van der Waals surface area (Å²) < 4.78 is 0. The normalized spacial score (nSPS) is 43.8. The van der Waals surface area contributed by atoms with E-state index in [2.05, 4.69) is 13.0 Å². The number of aliphatic hydroxyl groups excluding tert-OH is 1. The molecule has 2 aliphatic carbocycles. The lowest BCUT2D eigenvalue weighted by Gasteiger charge is -2.28. The van der Waals surface area contributed by atoms with E-state index in [1.54, 1.807) is 0 Å². The lowest BCUT2D eigenvalue weighted by molar-refractivity contribution is 0.137. The number of hydrogen-bond acceptors (Lipinski definition) is 1. The van der Waals surface area contributed by atoms with Crippen LogP contribution in [0.5, 0.6) is 0 Å². The van der Waals surface area contributed by atoms with Gasteiger partial charge in [0.25, 0.3) is 0 Å². The van der Waals surface area contributed by atoms with Gasteiger partial charge in [0.2, 0.25) is 0 Å². The van der Waals surface area contributed by atoms with Gasteiger partial charge in [0.15, 0.2) is 0 Å². The van der Waals surface area contributed by atoms with E-state index in [-0.39, 0.29) is 5.41 Å². The highest BCUT2D eigenvalue weighted by Crippen LogP contribution is 2.56. The number of fused-ring (bicyclic) bond motifs is 1. The first-order chi connectivity index (χ1) is 5.83. The van der Waals surface area contributed by atoms with Crippen molar-refractivity contribution >= 4 is 0 Å². The molecule has 2 atom stereocenters. The molecule has 1 N–H and O–H groups in total. The first kappa shape index (κ1) is 8.31. The molecule has 0 aromatic carbocycles. The highest BCUT2D eigenvalue weighted by Gasteiger charge is 2.48. The van der Waals surface area contributed by atoms with Crippen molar-refractivity contribution in [3.8, 4) is 0 Å². The minimum absolute atomic E-state index is 0.231. The van der Waals surface area contributed by atoms with Gasteiger partial charge < -0.3 is 5.11 Å². The zero-order chi connectivity index (χ0) is 8.60. The molecule has 2 fully saturated rings. The number of rotatable bonds is 1. The molecule has 0 radical (unpaired) electrons. The van der Waals surface area contributed by atoms with E-state index < -0.39 is 0 Å². The molecule has 12 heavy (non-hydrogen) atoms. The first-order valence-electron chi connectivity index (χ1n) is 5.10. The fraction of sp³-hybridized carbons (Fsp3) is 0.818. The van der Waals surface area contributed by atoms with Gasteiger partial charge in [-0.25, -0.2) is 0 Å². The maximum absolute atomic E-state index is 9.49. The third-order valence-electron chi connectivity index (χ3n) is 3.99. The quantitative estimate of drug-likeness (QED) is 0.593. The van der Waals surface area contributed by atoms with Gasteiger partial charge in [0.1, 0.15) is 0 Å². The molecule has 2 unspecified atom stereocenters. The molecule has 0 aromatic rings. The second-order valence-electron chi connectivity index (χ2n) is 4.26. The van der Waals surface area contributed by atoms with Crippen molar-refractivity contribution in [2.45, 2.75) is 39.0 Å². The predicted molar refractivity (Wildman–Crippen MR) is 49.9 cm³/mol. The van der Waals surface area contributed by atoms with Crippen molar-refractivity contribution < 1.29 is 5.11 Å². The molecule has 1 nitrogen and oxygen atoms in total. The monoisotopic (exact) mass is 166 g/mol. The molecular formula is C11H18O. The third-order valence-corrected chi connectivity index (χ3v) is 3.99. The van der Waals surface area contributed by atoms with Crippen LogP contribution in [0.4, 0.5) is 0 Å². The van der Waals surface area contributed by atoms with Crippen LogP contribution in [0.1, 0.15) is 39.0 Å². The fourth-order valence-corrected chi connectivity index (χ4v) is 3.31. The smallest absolute Gasteiger partial charge is 0.0527 e. The SMILES string of the molecule is C/C=C1/CCC2CCCC12CO. The van der Waals surface area contributed by atoms with E-state index in [4.69, 9.17) is 0 Å². The van der Waals surface area contributed by atoms with Crippen molar-refractivity contribution in [3.63, 3.8) is 0 Å². The minimum Gasteiger partial charge on any atom is -0.395 e. The van der Waals surface area contributed by atoms with Crippen LogP contribution >= 0.6 is 0 Å². The Balaban J connectivity index is 2.31. The summed E-state index contributed by atoms with van der Waals surface area (Å²) in [4.78, 5) is 0. The van der Waals surface area contributed by atoms with Crippen molar-refractivity contribution in [1.29, 1.82) is 0 Å². The van der Waals surface area contributed by atoms with Gasteiger partial charge in [0, 0.05) is 5.41 Å². The van der Waals surface area contributed by atoms with Crippen LogP contribution in [0.25, 0.3) is 0 Å². The molecule has 0 amide bonds. The molecular weight excluding hydrogens is 148 g/mol. The molecule has 1 heteroatoms. The lowest BCUT2D eigenvalue weighted by Crippen LogP contribution is -2.26. The number of allylic oxidation sites excluding steroid dienone is 1. The minimum atomic E-state index is 0.231. The maximum Gasteiger partial charge on any atom is 0.0527 e. The summed E-state index contributed by atoms with van der Waals surface area (Å²) in [5.41, 5.74) is 1.77. The van der Waals surface area contributed by atoms with E-state index in [0.717, 1.165) is 5.92 Å². The summed E-state index contributed by atoms with van der Waals surface area (Å²) in [6.45, 7) is 2.50. The number of hydrogen-bond donors (Lipinski definition) is 1. The molecule has 2 saturated carbocycles. The molecule has 0 spiro atoms. The summed E-state index contributed by atoms with van der Waals surface area (Å²) in [6, 6.07) is 0. The summed E-state index contributed by atoms with van der Waals surface area (Å²) in [6.07, 6.45) is 8.69. The van der Waals surface area contributed by atoms with Crippen LogP contribution in [0, 0.1) is 11.3 Å². The van der Waals surface area contributed by atoms with Gasteiger partial charge in [0.05, 0.1) is 6.61 Å². The van der Waals surface area contributed by atoms with Gasteiger partial charge in [-0.1, -0.05) is 18.1 Å². The summed E-state index contributed by atoms with van der Waals surface area (Å²) in [5.74, 6) is 0.800. The van der Waals surface area contributed by atoms with E-state index in [1.807, 2.05) is 0 Å². The van der Waals surface area contributed by atoms with Crippen LogP contribution in [0.15, 0.2) is 11.6 Å². The molecule has 0 aromatic heterocycles. The highest BCUT2D eigenvalue weighted by molar-refractivity contribution is 5.23. The van der Waals surface area contributed by atoms with Gasteiger partial charge >= 0.3 is 0 Å². The van der Waals surface area contributed by atoms with Crippen molar-refractivity contribution in [2.24, 2.45) is 11.3 Å². The first-order valence-corrected chi connectivity index (χ1v) is 5.10. The average molecular weight is 166 g/mol. The molecule has 0 bridgehead atoms. The van der Waals surface area contributed by atoms with E-state index >= 15 is 0 Å². The Bertz CT molecular complexity index is 207. The van der Waals surface area contributed by atoms with Crippen molar-refractivity contribution in [2.75, 3.05) is 6.61 Å². The van der Waals surface area contributed by atoms with Gasteiger partial charge in [-0.05, 0) is 38.5 Å². The Labute approximate surface area is 74.5 Å². The van der Waals surface area contributed by atoms with E-state index in [0.29, 0.717) is 6.61 Å². The molecule has 2 aliphatic rings. The summed E-state index contributed by atoms with van der Waals surface area (Å²) >= 11 is 0. The van der Waals surface area contributed by atoms with Gasteiger partial charge in [-0.15, -0.1) is 0 Å². The van der Waals surface area contributed by atoms with Crippen molar-refractivity contribution in [1.82, 2.24) is 0 Å². The maximum atomic E-state index is 9.49. The van der Waals surface area contributed by atoms with Crippen LogP contribution in [-0.2, 0) is 0 Å². The Morgan fingerprint density at radius 3 is 3.08 bits per heavy atom. The molecule has 0 aliphatic heterocycles. The van der Waals surface area contributed by atoms with Gasteiger partial charge in [-0.2, -0.15) is 0 Å². The standard InChI is InChI=1S/C11H18O/c1-2-9-5-6-10-4-3-7-11(9,10)8-12/h2,10,12H,3-8H2,1H3/b9-2-. The summed E-state index contributed by atoms with van der Waals surface area (Å²) in [7, 11) is 0. The van der Waals surface area contributed by atoms with Crippen LogP contribution in [0.2, 0.25) is 0 Å². The summed E-state index contributed by atoms with van der Waals surface area (Å²) in [5, 5.41) is 9.49. The second kappa shape index (κ2) is 2.88. The average Bonchev–Trinajstić information content (AvgIpc) is 2.60. The number of aliphatic hydroxyl groups is 1. The second-order valence-corrected chi connectivity index (χ2v) is 4.26. The molecule has 0 heterocycles. The Hall–Kier alpha value is -0.300. The highest BCUT2D eigenvalue weighted by atomic mass is 16.3. The van der Waals surface area contributed by atoms with E-state index in [9.17, 15) is 5.11 Å². The Morgan fingerprint density at radius 2 is 2.42 bits per heavy atom. The molecule has 68 valence electrons. The predicted octanol–water partition coefficient (Wildman–Crippen LogP) is 2.51. The molecule has 2 rings (SSSR count). The van der Waals surface area contributed by atoms with E-state index in [1.165, 1.54) is 37.7 Å². The van der Waals surface area contributed by atoms with Gasteiger partial charge in [-0.3, -0.25) is 0 Å². The topological polar surface area (TPSA) is 20.2 Å². The fourth-order valence-electron chi connectivity index (χ4n) is 3.31. The van der Waals surface area contributed by atoms with Crippen molar-refractivity contribution in [3.05, 3.63) is 11.6 Å². The Morgan fingerprint density at radius 1 is 1.58 bits per heavy atom. The zero-order valence-electron chi connectivity index (χ0n) is 7.84. The van der Waals surface area contributed by atoms with Crippen LogP contribution in [-0.4, -0.2) is 11.7 Å². The largest absolute Gasteiger partial charge is 0.395 e. The molecule has 0 saturated heterocycles. The van der Waals surface area contributed by atoms with Crippen LogP contribution in [0.3, 0.4) is 0 Å². The van der Waals surface area contributed by atoms with Crippen LogP contribution < -0.4 is 0 Å². The zero-order valence-corrected chi connectivity index (χ0v) is 7.84. The lowest BCUT2D eigenvalue weighted by atomic mass is 9.78. The third kappa shape index (κ3) is 0.891.